The van der Waals surface area contributed by atoms with Gasteiger partial charge in [-0.1, -0.05) is 283 Å². The molecule has 0 saturated heterocycles. The molecule has 0 heterocycles. The molecule has 2 atom stereocenters. The molecule has 3 N–H and O–H groups in total. The molecule has 6 nitrogen and oxygen atoms in total. The summed E-state index contributed by atoms with van der Waals surface area (Å²) in [6.45, 7) is 4.95. The number of carbonyl (C=O) groups is 2. The molecule has 0 aliphatic carbocycles. The minimum absolute atomic E-state index is 0.00728. The maximum atomic E-state index is 12.4. The predicted octanol–water partition coefficient (Wildman–Crippen LogP) is 18.5. The van der Waals surface area contributed by atoms with Gasteiger partial charge in [-0.05, 0) is 51.4 Å². The lowest BCUT2D eigenvalue weighted by Crippen LogP contribution is -2.45. The summed E-state index contributed by atoms with van der Waals surface area (Å²) in [4.78, 5) is 24.5. The monoisotopic (exact) mass is 932 g/mol. The second-order valence-electron chi connectivity index (χ2n) is 20.7. The highest BCUT2D eigenvalue weighted by Crippen LogP contribution is 2.18. The fourth-order valence-electron chi connectivity index (χ4n) is 9.46. The Bertz CT molecular complexity index is 986. The van der Waals surface area contributed by atoms with E-state index >= 15 is 0 Å². The summed E-state index contributed by atoms with van der Waals surface area (Å²) in [7, 11) is 0. The average molecular weight is 933 g/mol. The quantitative estimate of drug-likeness (QED) is 0.0321. The molecule has 2 unspecified atom stereocenters. The zero-order chi connectivity index (χ0) is 47.9. The molecule has 0 aliphatic heterocycles. The van der Waals surface area contributed by atoms with E-state index in [0.717, 1.165) is 44.9 Å². The van der Waals surface area contributed by atoms with Crippen LogP contribution in [0.1, 0.15) is 335 Å². The minimum Gasteiger partial charge on any atom is -0.466 e. The van der Waals surface area contributed by atoms with Crippen molar-refractivity contribution in [2.75, 3.05) is 13.2 Å². The Morgan fingerprint density at radius 1 is 0.409 bits per heavy atom. The van der Waals surface area contributed by atoms with E-state index in [4.69, 9.17) is 4.74 Å². The molecule has 1 amide bonds. The summed E-state index contributed by atoms with van der Waals surface area (Å²) >= 11 is 0. The first-order valence-electron chi connectivity index (χ1n) is 29.9. The molecule has 0 radical (unpaired) electrons. The van der Waals surface area contributed by atoms with Gasteiger partial charge < -0.3 is 20.3 Å². The topological polar surface area (TPSA) is 95.9 Å². The van der Waals surface area contributed by atoms with E-state index in [1.165, 1.54) is 257 Å². The SMILES string of the molecule is CCCCCCC/C=C\CCCCCCCC(=O)OCCCCCCCCCCCCCCCCCCCCCCCCCCC(=O)NC(CO)C(O)CCCCCCCCCCCCC. The van der Waals surface area contributed by atoms with Crippen molar-refractivity contribution in [3.05, 3.63) is 12.2 Å². The molecule has 0 aromatic rings. The van der Waals surface area contributed by atoms with Crippen LogP contribution in [0.3, 0.4) is 0 Å². The summed E-state index contributed by atoms with van der Waals surface area (Å²) in [5.74, 6) is -0.0263. The van der Waals surface area contributed by atoms with Crippen LogP contribution >= 0.6 is 0 Å². The van der Waals surface area contributed by atoms with Gasteiger partial charge in [-0.2, -0.15) is 0 Å². The molecule has 392 valence electrons. The number of amides is 1. The van der Waals surface area contributed by atoms with Gasteiger partial charge in [-0.3, -0.25) is 9.59 Å². The number of esters is 1. The van der Waals surface area contributed by atoms with Crippen molar-refractivity contribution in [2.45, 2.75) is 347 Å². The Balaban J connectivity index is 3.34. The third kappa shape index (κ3) is 52.0. The number of nitrogens with one attached hydrogen (secondary N) is 1. The van der Waals surface area contributed by atoms with Crippen LogP contribution in [0.25, 0.3) is 0 Å². The van der Waals surface area contributed by atoms with Gasteiger partial charge in [0.1, 0.15) is 0 Å². The third-order valence-corrected chi connectivity index (χ3v) is 14.1. The summed E-state index contributed by atoms with van der Waals surface area (Å²) < 4.78 is 5.48. The number of aliphatic hydroxyl groups is 2. The van der Waals surface area contributed by atoms with Gasteiger partial charge in [-0.15, -0.1) is 0 Å². The van der Waals surface area contributed by atoms with E-state index in [0.29, 0.717) is 25.9 Å². The summed E-state index contributed by atoms with van der Waals surface area (Å²) in [6, 6.07) is -0.538. The number of ether oxygens (including phenoxy) is 1. The molecule has 0 aromatic heterocycles. The van der Waals surface area contributed by atoms with E-state index < -0.39 is 12.1 Å². The van der Waals surface area contributed by atoms with Crippen LogP contribution in [0.5, 0.6) is 0 Å². The zero-order valence-electron chi connectivity index (χ0n) is 44.7. The molecule has 66 heavy (non-hydrogen) atoms. The van der Waals surface area contributed by atoms with Crippen molar-refractivity contribution in [3.63, 3.8) is 0 Å². The van der Waals surface area contributed by atoms with Crippen LogP contribution in [0.4, 0.5) is 0 Å². The maximum Gasteiger partial charge on any atom is 0.305 e. The Morgan fingerprint density at radius 2 is 0.712 bits per heavy atom. The lowest BCUT2D eigenvalue weighted by atomic mass is 10.0. The molecule has 0 aromatic carbocycles. The van der Waals surface area contributed by atoms with Gasteiger partial charge in [-0.25, -0.2) is 0 Å². The van der Waals surface area contributed by atoms with Crippen LogP contribution in [0, 0.1) is 0 Å². The zero-order valence-corrected chi connectivity index (χ0v) is 44.7. The second kappa shape index (κ2) is 56.2. The van der Waals surface area contributed by atoms with Gasteiger partial charge in [0.15, 0.2) is 0 Å². The molecule has 0 aliphatic rings. The smallest absolute Gasteiger partial charge is 0.305 e. The van der Waals surface area contributed by atoms with Crippen molar-refractivity contribution in [2.24, 2.45) is 0 Å². The highest BCUT2D eigenvalue weighted by molar-refractivity contribution is 5.76. The largest absolute Gasteiger partial charge is 0.466 e. The van der Waals surface area contributed by atoms with Crippen molar-refractivity contribution in [1.82, 2.24) is 5.32 Å². The van der Waals surface area contributed by atoms with E-state index in [2.05, 4.69) is 31.3 Å². The average Bonchev–Trinajstić information content (AvgIpc) is 3.32. The number of allylic oxidation sites excluding steroid dienone is 2. The van der Waals surface area contributed by atoms with Crippen LogP contribution in [0.2, 0.25) is 0 Å². The number of carbonyl (C=O) groups excluding carboxylic acids is 2. The third-order valence-electron chi connectivity index (χ3n) is 14.1. The van der Waals surface area contributed by atoms with Crippen molar-refractivity contribution in [1.29, 1.82) is 0 Å². The van der Waals surface area contributed by atoms with E-state index in [1.54, 1.807) is 0 Å². The van der Waals surface area contributed by atoms with Gasteiger partial charge >= 0.3 is 5.97 Å². The second-order valence-corrected chi connectivity index (χ2v) is 20.7. The lowest BCUT2D eigenvalue weighted by Gasteiger charge is -2.22. The molecule has 0 spiro atoms. The fraction of sp³-hybridized carbons (Fsp3) is 0.933. The minimum atomic E-state index is -0.661. The lowest BCUT2D eigenvalue weighted by molar-refractivity contribution is -0.143. The molecule has 6 heteroatoms. The summed E-state index contributed by atoms with van der Waals surface area (Å²) in [5.41, 5.74) is 0. The number of rotatable bonds is 56. The number of hydrogen-bond donors (Lipinski definition) is 3. The van der Waals surface area contributed by atoms with Crippen LogP contribution < -0.4 is 5.32 Å². The molecule has 0 fully saturated rings. The number of hydrogen-bond acceptors (Lipinski definition) is 5. The molecule has 0 saturated carbocycles. The predicted molar refractivity (Wildman–Crippen MR) is 287 cm³/mol. The van der Waals surface area contributed by atoms with Crippen LogP contribution in [-0.2, 0) is 14.3 Å². The maximum absolute atomic E-state index is 12.4. The van der Waals surface area contributed by atoms with Gasteiger partial charge in [0.2, 0.25) is 5.91 Å². The van der Waals surface area contributed by atoms with Crippen molar-refractivity contribution >= 4 is 11.9 Å². The highest BCUT2D eigenvalue weighted by Gasteiger charge is 2.20. The van der Waals surface area contributed by atoms with Crippen LogP contribution in [0.15, 0.2) is 12.2 Å². The van der Waals surface area contributed by atoms with E-state index in [-0.39, 0.29) is 18.5 Å². The van der Waals surface area contributed by atoms with Gasteiger partial charge in [0.05, 0.1) is 25.4 Å². The molecule has 0 rings (SSSR count). The number of unbranched alkanes of at least 4 members (excludes halogenated alkanes) is 43. The van der Waals surface area contributed by atoms with E-state index in [9.17, 15) is 19.8 Å². The first-order valence-corrected chi connectivity index (χ1v) is 29.9. The molecule has 0 bridgehead atoms. The van der Waals surface area contributed by atoms with Gasteiger partial charge in [0, 0.05) is 12.8 Å². The Hall–Kier alpha value is -1.40. The standard InChI is InChI=1S/C60H117NO5/c1-3-5-7-9-11-13-15-16-30-34-38-42-46-50-54-60(65)66-55-51-47-43-39-35-31-28-26-24-22-20-18-17-19-21-23-25-27-29-33-37-41-45-49-53-59(64)61-57(56-62)58(63)52-48-44-40-36-32-14-12-10-8-6-4-2/h15-16,57-58,62-63H,3-14,17-56H2,1-2H3,(H,61,64)/b16-15-. The fourth-order valence-corrected chi connectivity index (χ4v) is 9.46. The van der Waals surface area contributed by atoms with Crippen molar-refractivity contribution in [3.8, 4) is 0 Å². The normalized spacial score (nSPS) is 12.6. The van der Waals surface area contributed by atoms with Crippen molar-refractivity contribution < 1.29 is 24.5 Å². The first-order chi connectivity index (χ1) is 32.5. The first kappa shape index (κ1) is 64.6. The van der Waals surface area contributed by atoms with E-state index in [1.807, 2.05) is 0 Å². The Labute approximate surface area is 412 Å². The summed E-state index contributed by atoms with van der Waals surface area (Å²) in [6.07, 6.45) is 66.5. The summed E-state index contributed by atoms with van der Waals surface area (Å²) in [5, 5.41) is 23.2. The highest BCUT2D eigenvalue weighted by atomic mass is 16.5. The Morgan fingerprint density at radius 3 is 1.08 bits per heavy atom. The number of aliphatic hydroxyl groups excluding tert-OH is 2. The Kier molecular flexibility index (Phi) is 55.0. The van der Waals surface area contributed by atoms with Crippen LogP contribution in [-0.4, -0.2) is 47.4 Å². The van der Waals surface area contributed by atoms with Gasteiger partial charge in [0.25, 0.3) is 0 Å². The molecular formula is C60H117NO5. The molecular weight excluding hydrogens is 815 g/mol.